The molecule has 0 aliphatic carbocycles. The average Bonchev–Trinajstić information content (AvgIpc) is 2.30. The molecule has 0 amide bonds. The van der Waals surface area contributed by atoms with E-state index in [0.717, 1.165) is 31.1 Å². The third kappa shape index (κ3) is 2.21. The Morgan fingerprint density at radius 3 is 3.13 bits per heavy atom. The van der Waals surface area contributed by atoms with E-state index in [-0.39, 0.29) is 0 Å². The smallest absolute Gasteiger partial charge is 0.0668 e. The Morgan fingerprint density at radius 1 is 1.53 bits per heavy atom. The Hall–Kier alpha value is -1.29. The largest absolute Gasteiger partial charge is 0.387 e. The second-order valence-corrected chi connectivity index (χ2v) is 3.80. The molecule has 0 bridgehead atoms. The molecule has 1 atom stereocenters. The van der Waals surface area contributed by atoms with Gasteiger partial charge in [-0.15, -0.1) is 0 Å². The maximum Gasteiger partial charge on any atom is 0.0668 e. The van der Waals surface area contributed by atoms with Crippen molar-refractivity contribution in [3.63, 3.8) is 0 Å². The summed E-state index contributed by atoms with van der Waals surface area (Å²) in [6.07, 6.45) is 3.73. The first-order valence-corrected chi connectivity index (χ1v) is 5.28. The van der Waals surface area contributed by atoms with Gasteiger partial charge in [-0.05, 0) is 13.0 Å². The Balaban J connectivity index is 2.19. The summed E-state index contributed by atoms with van der Waals surface area (Å²) in [5.41, 5.74) is 2.21. The van der Waals surface area contributed by atoms with Gasteiger partial charge in [-0.1, -0.05) is 0 Å². The molecular weight excluding hydrogens is 190 g/mol. The van der Waals surface area contributed by atoms with Crippen LogP contribution >= 0.6 is 0 Å². The molecule has 82 valence electrons. The van der Waals surface area contributed by atoms with Gasteiger partial charge >= 0.3 is 0 Å². The lowest BCUT2D eigenvalue weighted by molar-refractivity contribution is 0.0989. The van der Waals surface area contributed by atoms with Crippen LogP contribution in [0.5, 0.6) is 0 Å². The zero-order chi connectivity index (χ0) is 10.7. The Morgan fingerprint density at radius 2 is 2.40 bits per heavy atom. The molecule has 4 heteroatoms. The van der Waals surface area contributed by atoms with E-state index in [2.05, 4.69) is 28.2 Å². The van der Waals surface area contributed by atoms with Crippen LogP contribution in [0.25, 0.3) is 0 Å². The summed E-state index contributed by atoms with van der Waals surface area (Å²) in [4.78, 5) is 6.55. The molecule has 1 N–H and O–H groups in total. The molecule has 2 rings (SSSR count). The number of nitrogens with one attached hydrogen (secondary N) is 1. The minimum absolute atomic E-state index is 0.424. The molecule has 0 saturated carbocycles. The predicted molar refractivity (Wildman–Crippen MR) is 61.4 cm³/mol. The van der Waals surface area contributed by atoms with Gasteiger partial charge in [0, 0.05) is 19.6 Å². The van der Waals surface area contributed by atoms with Gasteiger partial charge < -0.3 is 15.0 Å². The number of aromatic nitrogens is 1. The molecule has 1 aromatic rings. The van der Waals surface area contributed by atoms with Crippen LogP contribution < -0.4 is 10.2 Å². The molecule has 1 aliphatic rings. The van der Waals surface area contributed by atoms with E-state index in [1.807, 2.05) is 19.4 Å². The van der Waals surface area contributed by atoms with Gasteiger partial charge in [0.2, 0.25) is 0 Å². The van der Waals surface area contributed by atoms with Crippen molar-refractivity contribution in [3.05, 3.63) is 18.5 Å². The van der Waals surface area contributed by atoms with Crippen LogP contribution in [-0.2, 0) is 4.74 Å². The monoisotopic (exact) mass is 207 g/mol. The fourth-order valence-corrected chi connectivity index (χ4v) is 1.83. The van der Waals surface area contributed by atoms with Crippen molar-refractivity contribution >= 4 is 11.4 Å². The van der Waals surface area contributed by atoms with Crippen molar-refractivity contribution in [1.82, 2.24) is 4.98 Å². The van der Waals surface area contributed by atoms with Crippen LogP contribution in [-0.4, -0.2) is 37.8 Å². The number of nitrogens with zero attached hydrogens (tertiary/aromatic N) is 2. The summed E-state index contributed by atoms with van der Waals surface area (Å²) in [5, 5.41) is 3.10. The zero-order valence-electron chi connectivity index (χ0n) is 9.23. The van der Waals surface area contributed by atoms with E-state index in [4.69, 9.17) is 4.74 Å². The number of rotatable bonds is 2. The van der Waals surface area contributed by atoms with Crippen molar-refractivity contribution in [1.29, 1.82) is 0 Å². The maximum atomic E-state index is 5.41. The molecule has 0 spiro atoms. The molecule has 4 nitrogen and oxygen atoms in total. The van der Waals surface area contributed by atoms with Crippen LogP contribution in [0, 0.1) is 0 Å². The van der Waals surface area contributed by atoms with Crippen molar-refractivity contribution in [2.75, 3.05) is 37.0 Å². The van der Waals surface area contributed by atoms with Gasteiger partial charge in [0.15, 0.2) is 0 Å². The summed E-state index contributed by atoms with van der Waals surface area (Å²) in [6.45, 7) is 4.71. The SMILES string of the molecule is CNc1cncc(N2CCOCC2C)c1. The van der Waals surface area contributed by atoms with E-state index in [1.165, 1.54) is 0 Å². The highest BCUT2D eigenvalue weighted by Gasteiger charge is 2.19. The summed E-state index contributed by atoms with van der Waals surface area (Å²) in [7, 11) is 1.91. The lowest BCUT2D eigenvalue weighted by Crippen LogP contribution is -2.43. The molecule has 1 aromatic heterocycles. The molecule has 1 fully saturated rings. The van der Waals surface area contributed by atoms with Gasteiger partial charge in [-0.3, -0.25) is 4.98 Å². The third-order valence-corrected chi connectivity index (χ3v) is 2.71. The molecule has 1 saturated heterocycles. The van der Waals surface area contributed by atoms with Crippen LogP contribution in [0.3, 0.4) is 0 Å². The first-order chi connectivity index (χ1) is 7.31. The molecule has 2 heterocycles. The third-order valence-electron chi connectivity index (χ3n) is 2.71. The second-order valence-electron chi connectivity index (χ2n) is 3.80. The predicted octanol–water partition coefficient (Wildman–Crippen LogP) is 1.35. The van der Waals surface area contributed by atoms with E-state index in [0.29, 0.717) is 6.04 Å². The number of pyridine rings is 1. The Kier molecular flexibility index (Phi) is 3.06. The minimum atomic E-state index is 0.424. The highest BCUT2D eigenvalue weighted by Crippen LogP contribution is 2.21. The number of morpholine rings is 1. The summed E-state index contributed by atoms with van der Waals surface area (Å²) in [6, 6.07) is 2.54. The quantitative estimate of drug-likeness (QED) is 0.794. The number of hydrogen-bond acceptors (Lipinski definition) is 4. The first-order valence-electron chi connectivity index (χ1n) is 5.28. The fraction of sp³-hybridized carbons (Fsp3) is 0.545. The van der Waals surface area contributed by atoms with Crippen molar-refractivity contribution in [2.45, 2.75) is 13.0 Å². The number of ether oxygens (including phenoxy) is 1. The highest BCUT2D eigenvalue weighted by atomic mass is 16.5. The van der Waals surface area contributed by atoms with E-state index in [1.54, 1.807) is 0 Å². The second kappa shape index (κ2) is 4.49. The van der Waals surface area contributed by atoms with Crippen LogP contribution in [0.4, 0.5) is 11.4 Å². The first kappa shape index (κ1) is 10.2. The van der Waals surface area contributed by atoms with Crippen LogP contribution in [0.15, 0.2) is 18.5 Å². The lowest BCUT2D eigenvalue weighted by atomic mass is 10.2. The van der Waals surface area contributed by atoms with Crippen LogP contribution in [0.2, 0.25) is 0 Å². The number of anilines is 2. The summed E-state index contributed by atoms with van der Waals surface area (Å²) in [5.74, 6) is 0. The maximum absolute atomic E-state index is 5.41. The summed E-state index contributed by atoms with van der Waals surface area (Å²) >= 11 is 0. The molecule has 0 radical (unpaired) electrons. The topological polar surface area (TPSA) is 37.4 Å². The van der Waals surface area contributed by atoms with E-state index >= 15 is 0 Å². The highest BCUT2D eigenvalue weighted by molar-refractivity contribution is 5.56. The fourth-order valence-electron chi connectivity index (χ4n) is 1.83. The van der Waals surface area contributed by atoms with Gasteiger partial charge in [-0.25, -0.2) is 0 Å². The number of hydrogen-bond donors (Lipinski definition) is 1. The Bertz CT molecular complexity index is 329. The van der Waals surface area contributed by atoms with Crippen molar-refractivity contribution in [2.24, 2.45) is 0 Å². The molecule has 0 aromatic carbocycles. The zero-order valence-corrected chi connectivity index (χ0v) is 9.23. The van der Waals surface area contributed by atoms with Crippen LogP contribution in [0.1, 0.15) is 6.92 Å². The molecule has 15 heavy (non-hydrogen) atoms. The van der Waals surface area contributed by atoms with Crippen molar-refractivity contribution < 1.29 is 4.74 Å². The molecule has 1 unspecified atom stereocenters. The van der Waals surface area contributed by atoms with E-state index < -0.39 is 0 Å². The molecular formula is C11H17N3O. The van der Waals surface area contributed by atoms with Gasteiger partial charge in [0.05, 0.1) is 37.0 Å². The van der Waals surface area contributed by atoms with Gasteiger partial charge in [0.1, 0.15) is 0 Å². The van der Waals surface area contributed by atoms with Gasteiger partial charge in [-0.2, -0.15) is 0 Å². The summed E-state index contributed by atoms with van der Waals surface area (Å²) < 4.78 is 5.41. The lowest BCUT2D eigenvalue weighted by Gasteiger charge is -2.35. The Labute approximate surface area is 90.3 Å². The standard InChI is InChI=1S/C11H17N3O/c1-9-8-15-4-3-14(9)11-5-10(12-2)6-13-7-11/h5-7,9,12H,3-4,8H2,1-2H3. The minimum Gasteiger partial charge on any atom is -0.387 e. The molecule has 1 aliphatic heterocycles. The normalized spacial score (nSPS) is 21.5. The average molecular weight is 207 g/mol. The van der Waals surface area contributed by atoms with Crippen molar-refractivity contribution in [3.8, 4) is 0 Å². The van der Waals surface area contributed by atoms with E-state index in [9.17, 15) is 0 Å². The van der Waals surface area contributed by atoms with Gasteiger partial charge in [0.25, 0.3) is 0 Å².